The van der Waals surface area contributed by atoms with Gasteiger partial charge in [0, 0.05) is 39.0 Å². The van der Waals surface area contributed by atoms with Crippen LogP contribution in [0.4, 0.5) is 10.0 Å². The van der Waals surface area contributed by atoms with E-state index in [2.05, 4.69) is 10.6 Å². The number of ether oxygens (including phenoxy) is 2. The number of hydrogen-bond acceptors (Lipinski definition) is 10. The van der Waals surface area contributed by atoms with Crippen LogP contribution < -0.4 is 10.6 Å². The second-order valence-corrected chi connectivity index (χ2v) is 11.6. The molecule has 0 bridgehead atoms. The largest absolute Gasteiger partial charge is 0.462 e. The van der Waals surface area contributed by atoms with Crippen LogP contribution in [0.25, 0.3) is 0 Å². The average Bonchev–Trinajstić information content (AvgIpc) is 3.48. The van der Waals surface area contributed by atoms with E-state index in [1.165, 1.54) is 0 Å². The Labute approximate surface area is 266 Å². The minimum Gasteiger partial charge on any atom is -0.462 e. The van der Waals surface area contributed by atoms with Crippen LogP contribution in [0.15, 0.2) is 0 Å². The number of anilines is 2. The lowest BCUT2D eigenvalue weighted by Gasteiger charge is -2.18. The van der Waals surface area contributed by atoms with E-state index in [0.29, 0.717) is 47.1 Å². The summed E-state index contributed by atoms with van der Waals surface area (Å²) in [7, 11) is 0. The van der Waals surface area contributed by atoms with Crippen molar-refractivity contribution in [3.8, 4) is 0 Å². The molecule has 12 nitrogen and oxygen atoms in total. The predicted molar refractivity (Wildman–Crippen MR) is 171 cm³/mol. The minimum atomic E-state index is -0.664. The Morgan fingerprint density at radius 3 is 1.18 bits per heavy atom. The molecule has 0 saturated carbocycles. The Kier molecular flexibility index (Phi) is 14.0. The van der Waals surface area contributed by atoms with Gasteiger partial charge < -0.3 is 29.9 Å². The Morgan fingerprint density at radius 1 is 0.591 bits per heavy atom. The zero-order chi connectivity index (χ0) is 33.1. The van der Waals surface area contributed by atoms with Gasteiger partial charge in [0.25, 0.3) is 11.8 Å². The van der Waals surface area contributed by atoms with Crippen LogP contribution in [0, 0.1) is 13.8 Å². The quantitative estimate of drug-likeness (QED) is 0.253. The first-order chi connectivity index (χ1) is 20.9. The molecule has 0 saturated heterocycles. The fraction of sp³-hybridized carbons (Fsp3) is 0.533. The molecule has 0 atom stereocenters. The molecule has 0 spiro atoms. The highest BCUT2D eigenvalue weighted by Crippen LogP contribution is 2.36. The van der Waals surface area contributed by atoms with Gasteiger partial charge in [-0.2, -0.15) is 0 Å². The van der Waals surface area contributed by atoms with Gasteiger partial charge in [-0.15, -0.1) is 22.7 Å². The number of hydrogen-bond donors (Lipinski definition) is 2. The molecule has 0 radical (unpaired) electrons. The first-order valence-electron chi connectivity index (χ1n) is 14.7. The van der Waals surface area contributed by atoms with Crippen LogP contribution in [0.3, 0.4) is 0 Å². The van der Waals surface area contributed by atoms with Crippen LogP contribution in [0.2, 0.25) is 0 Å². The summed E-state index contributed by atoms with van der Waals surface area (Å²) in [5.41, 5.74) is 1.02. The molecule has 0 aromatic carbocycles. The molecule has 2 heterocycles. The molecule has 2 N–H and O–H groups in total. The van der Waals surface area contributed by atoms with Crippen molar-refractivity contribution < 1.29 is 38.2 Å². The van der Waals surface area contributed by atoms with Gasteiger partial charge in [-0.05, 0) is 66.5 Å². The molecular weight excluding hydrogens is 608 g/mol. The van der Waals surface area contributed by atoms with E-state index >= 15 is 0 Å². The number of rotatable bonds is 15. The molecule has 4 amide bonds. The Hall–Kier alpha value is -3.78. The summed E-state index contributed by atoms with van der Waals surface area (Å²) in [5, 5.41) is 5.67. The molecule has 0 aliphatic carbocycles. The standard InChI is InChI=1S/C30H42N4O8S2/c1-9-33(10-2)27(37)23-17(7)21(29(39)41-13-5)25(43-23)31-19(35)15-16-20(36)32-26-22(30(40)42-14-6)18(8)24(44-26)28(38)34(11-3)12-4/h9-16H2,1-8H3,(H,31,35)(H,32,36). The van der Waals surface area contributed by atoms with E-state index in [1.807, 2.05) is 27.7 Å². The predicted octanol–water partition coefficient (Wildman–Crippen LogP) is 5.10. The zero-order valence-electron chi connectivity index (χ0n) is 26.6. The number of nitrogens with zero attached hydrogens (tertiary/aromatic N) is 2. The summed E-state index contributed by atoms with van der Waals surface area (Å²) in [4.78, 5) is 81.4. The van der Waals surface area contributed by atoms with Crippen molar-refractivity contribution >= 4 is 68.2 Å². The van der Waals surface area contributed by atoms with Gasteiger partial charge in [0.05, 0.1) is 34.1 Å². The molecule has 14 heteroatoms. The van der Waals surface area contributed by atoms with Crippen LogP contribution in [-0.4, -0.2) is 84.8 Å². The molecule has 2 aromatic heterocycles. The molecular formula is C30H42N4O8S2. The van der Waals surface area contributed by atoms with Crippen molar-refractivity contribution in [1.82, 2.24) is 9.80 Å². The van der Waals surface area contributed by atoms with E-state index in [1.54, 1.807) is 37.5 Å². The molecule has 0 aliphatic rings. The Bertz CT molecular complexity index is 1290. The number of esters is 2. The highest BCUT2D eigenvalue weighted by Gasteiger charge is 2.30. The zero-order valence-corrected chi connectivity index (χ0v) is 28.3. The monoisotopic (exact) mass is 650 g/mol. The van der Waals surface area contributed by atoms with Crippen molar-refractivity contribution in [2.45, 2.75) is 68.2 Å². The lowest BCUT2D eigenvalue weighted by Crippen LogP contribution is -2.30. The van der Waals surface area contributed by atoms with E-state index in [4.69, 9.17) is 9.47 Å². The third-order valence-corrected chi connectivity index (χ3v) is 9.22. The first-order valence-corrected chi connectivity index (χ1v) is 16.3. The van der Waals surface area contributed by atoms with Gasteiger partial charge in [0.1, 0.15) is 10.0 Å². The fourth-order valence-electron chi connectivity index (χ4n) is 4.42. The van der Waals surface area contributed by atoms with Crippen LogP contribution in [-0.2, 0) is 19.1 Å². The van der Waals surface area contributed by atoms with Gasteiger partial charge in [-0.3, -0.25) is 19.2 Å². The lowest BCUT2D eigenvalue weighted by molar-refractivity contribution is -0.121. The van der Waals surface area contributed by atoms with E-state index in [-0.39, 0.29) is 59.0 Å². The average molecular weight is 651 g/mol. The molecule has 0 unspecified atom stereocenters. The third kappa shape index (κ3) is 8.44. The maximum absolute atomic E-state index is 13.1. The summed E-state index contributed by atoms with van der Waals surface area (Å²) < 4.78 is 10.3. The normalized spacial score (nSPS) is 10.6. The van der Waals surface area contributed by atoms with Crippen molar-refractivity contribution in [3.05, 3.63) is 32.0 Å². The van der Waals surface area contributed by atoms with Gasteiger partial charge in [0.2, 0.25) is 11.8 Å². The SMILES string of the molecule is CCOC(=O)c1c(NC(=O)CCC(=O)Nc2sc(C(=O)N(CC)CC)c(C)c2C(=O)OCC)sc(C(=O)N(CC)CC)c1C. The van der Waals surface area contributed by atoms with E-state index in [0.717, 1.165) is 22.7 Å². The first kappa shape index (κ1) is 36.4. The maximum atomic E-state index is 13.1. The molecule has 242 valence electrons. The Morgan fingerprint density at radius 2 is 0.909 bits per heavy atom. The number of amides is 4. The minimum absolute atomic E-state index is 0.101. The van der Waals surface area contributed by atoms with Gasteiger partial charge in [-0.1, -0.05) is 0 Å². The van der Waals surface area contributed by atoms with Crippen molar-refractivity contribution in [1.29, 1.82) is 0 Å². The van der Waals surface area contributed by atoms with Gasteiger partial charge in [0.15, 0.2) is 0 Å². The molecule has 2 aromatic rings. The van der Waals surface area contributed by atoms with Crippen molar-refractivity contribution in [2.75, 3.05) is 50.0 Å². The number of carbonyl (C=O) groups excluding carboxylic acids is 6. The second-order valence-electron chi connectivity index (χ2n) is 9.51. The third-order valence-electron chi connectivity index (χ3n) is 6.83. The van der Waals surface area contributed by atoms with E-state index < -0.39 is 23.8 Å². The topological polar surface area (TPSA) is 151 Å². The molecule has 0 aliphatic heterocycles. The molecule has 44 heavy (non-hydrogen) atoms. The summed E-state index contributed by atoms with van der Waals surface area (Å²) in [6.07, 6.45) is -0.511. The number of carbonyl (C=O) groups is 6. The highest BCUT2D eigenvalue weighted by atomic mass is 32.1. The Balaban J connectivity index is 2.26. The van der Waals surface area contributed by atoms with E-state index in [9.17, 15) is 28.8 Å². The molecule has 0 fully saturated rings. The fourth-order valence-corrected chi connectivity index (χ4v) is 6.78. The smallest absolute Gasteiger partial charge is 0.341 e. The van der Waals surface area contributed by atoms with Crippen LogP contribution >= 0.6 is 22.7 Å². The maximum Gasteiger partial charge on any atom is 0.341 e. The van der Waals surface area contributed by atoms with Crippen molar-refractivity contribution in [3.63, 3.8) is 0 Å². The van der Waals surface area contributed by atoms with Crippen molar-refractivity contribution in [2.24, 2.45) is 0 Å². The summed E-state index contributed by atoms with van der Waals surface area (Å²) >= 11 is 1.97. The molecule has 2 rings (SSSR count). The summed E-state index contributed by atoms with van der Waals surface area (Å²) in [5.74, 6) is -2.96. The summed E-state index contributed by atoms with van der Waals surface area (Å²) in [6, 6.07) is 0. The number of thiophene rings is 2. The van der Waals surface area contributed by atoms with Crippen LogP contribution in [0.1, 0.15) is 106 Å². The number of nitrogens with one attached hydrogen (secondary N) is 2. The van der Waals surface area contributed by atoms with Gasteiger partial charge >= 0.3 is 11.9 Å². The highest BCUT2D eigenvalue weighted by molar-refractivity contribution is 7.19. The lowest BCUT2D eigenvalue weighted by atomic mass is 10.1. The van der Waals surface area contributed by atoms with Gasteiger partial charge in [-0.25, -0.2) is 9.59 Å². The van der Waals surface area contributed by atoms with Crippen LogP contribution in [0.5, 0.6) is 0 Å². The summed E-state index contributed by atoms with van der Waals surface area (Å²) in [6.45, 7) is 16.1. The second kappa shape index (κ2) is 16.9.